The van der Waals surface area contributed by atoms with Crippen LogP contribution in [0.3, 0.4) is 0 Å². The largest absolute Gasteiger partial charge is 0.343 e. The van der Waals surface area contributed by atoms with Gasteiger partial charge in [0.1, 0.15) is 5.69 Å². The Kier molecular flexibility index (Phi) is 6.26. The summed E-state index contributed by atoms with van der Waals surface area (Å²) in [5, 5.41) is 8.75. The van der Waals surface area contributed by atoms with Gasteiger partial charge in [-0.3, -0.25) is 9.59 Å². The number of hydrogen-bond donors (Lipinski definition) is 1. The van der Waals surface area contributed by atoms with E-state index in [2.05, 4.69) is 15.2 Å². The summed E-state index contributed by atoms with van der Waals surface area (Å²) in [4.78, 5) is 29.3. The van der Waals surface area contributed by atoms with E-state index in [9.17, 15) is 9.59 Å². The smallest absolute Gasteiger partial charge is 0.273 e. The second-order valence-corrected chi connectivity index (χ2v) is 7.62. The summed E-state index contributed by atoms with van der Waals surface area (Å²) < 4.78 is 0. The summed E-state index contributed by atoms with van der Waals surface area (Å²) in [6.07, 6.45) is 6.29. The van der Waals surface area contributed by atoms with E-state index in [1.807, 2.05) is 31.0 Å². The molecule has 1 aliphatic rings. The van der Waals surface area contributed by atoms with Gasteiger partial charge >= 0.3 is 0 Å². The van der Waals surface area contributed by atoms with E-state index in [0.717, 1.165) is 18.4 Å². The van der Waals surface area contributed by atoms with Crippen molar-refractivity contribution in [2.75, 3.05) is 7.05 Å². The highest BCUT2D eigenvalue weighted by Gasteiger charge is 2.22. The molecule has 1 saturated carbocycles. The van der Waals surface area contributed by atoms with Gasteiger partial charge in [0.05, 0.1) is 0 Å². The van der Waals surface area contributed by atoms with Crippen LogP contribution in [0.4, 0.5) is 0 Å². The minimum atomic E-state index is -0.315. The number of nitrogens with zero attached hydrogens (tertiary/aromatic N) is 3. The zero-order chi connectivity index (χ0) is 19.4. The van der Waals surface area contributed by atoms with Crippen molar-refractivity contribution in [3.63, 3.8) is 0 Å². The van der Waals surface area contributed by atoms with Crippen molar-refractivity contribution >= 4 is 17.5 Å². The number of benzene rings is 1. The van der Waals surface area contributed by atoms with Crippen molar-refractivity contribution in [1.82, 2.24) is 20.1 Å². The Labute approximate surface area is 164 Å². The maximum Gasteiger partial charge on any atom is 0.273 e. The second kappa shape index (κ2) is 8.65. The Morgan fingerprint density at radius 1 is 1.26 bits per heavy atom. The molecule has 144 valence electrons. The van der Waals surface area contributed by atoms with Gasteiger partial charge in [-0.25, -0.2) is 0 Å². The van der Waals surface area contributed by atoms with Crippen LogP contribution in [0.1, 0.15) is 49.8 Å². The summed E-state index contributed by atoms with van der Waals surface area (Å²) in [6, 6.07) is 5.78. The number of aromatic nitrogens is 3. The number of carbonyl (C=O) groups is 1. The predicted octanol–water partition coefficient (Wildman–Crippen LogP) is 3.52. The van der Waals surface area contributed by atoms with Crippen molar-refractivity contribution in [1.29, 1.82) is 0 Å². The molecule has 1 N–H and O–H groups in total. The molecule has 0 atom stereocenters. The lowest BCUT2D eigenvalue weighted by atomic mass is 9.94. The number of aromatic amines is 1. The summed E-state index contributed by atoms with van der Waals surface area (Å²) in [7, 11) is 1.86. The maximum absolute atomic E-state index is 12.4. The Morgan fingerprint density at radius 3 is 2.67 bits per heavy atom. The molecule has 6 nitrogen and oxygen atoms in total. The fourth-order valence-corrected chi connectivity index (χ4v) is 3.65. The molecule has 0 unspecified atom stereocenters. The molecule has 0 radical (unpaired) electrons. The fourth-order valence-electron chi connectivity index (χ4n) is 3.47. The molecule has 1 amide bonds. The number of rotatable bonds is 5. The minimum Gasteiger partial charge on any atom is -0.343 e. The molecule has 0 saturated heterocycles. The average molecular weight is 389 g/mol. The van der Waals surface area contributed by atoms with Crippen LogP contribution in [-0.2, 0) is 11.2 Å². The molecule has 3 rings (SSSR count). The molecule has 1 aliphatic carbocycles. The zero-order valence-corrected chi connectivity index (χ0v) is 16.6. The third-order valence-electron chi connectivity index (χ3n) is 5.30. The van der Waals surface area contributed by atoms with Gasteiger partial charge in [0.15, 0.2) is 5.82 Å². The van der Waals surface area contributed by atoms with Crippen molar-refractivity contribution < 1.29 is 4.79 Å². The number of hydrogen-bond acceptors (Lipinski definition) is 4. The van der Waals surface area contributed by atoms with Crippen LogP contribution in [0, 0.1) is 6.92 Å². The average Bonchev–Trinajstić information content (AvgIpc) is 2.69. The van der Waals surface area contributed by atoms with E-state index in [1.54, 1.807) is 6.07 Å². The van der Waals surface area contributed by atoms with Gasteiger partial charge < -0.3 is 9.88 Å². The first kappa shape index (κ1) is 19.5. The van der Waals surface area contributed by atoms with Crippen molar-refractivity contribution in [2.45, 2.75) is 57.9 Å². The van der Waals surface area contributed by atoms with Crippen LogP contribution in [-0.4, -0.2) is 39.1 Å². The first-order valence-corrected chi connectivity index (χ1v) is 9.81. The molecule has 1 aromatic heterocycles. The molecular formula is C20H25ClN4O2. The Bertz CT molecular complexity index is 875. The quantitative estimate of drug-likeness (QED) is 0.849. The summed E-state index contributed by atoms with van der Waals surface area (Å²) in [6.45, 7) is 1.91. The SMILES string of the molecule is Cc1ccc(-c2nnc(CCC(=O)N(C)C3CCCCC3)c(=O)[nH]2)cc1Cl. The van der Waals surface area contributed by atoms with Crippen LogP contribution >= 0.6 is 11.6 Å². The molecule has 0 aliphatic heterocycles. The van der Waals surface area contributed by atoms with E-state index >= 15 is 0 Å². The van der Waals surface area contributed by atoms with Crippen molar-refractivity contribution in [3.8, 4) is 11.4 Å². The van der Waals surface area contributed by atoms with Crippen LogP contribution in [0.25, 0.3) is 11.4 Å². The lowest BCUT2D eigenvalue weighted by molar-refractivity contribution is -0.132. The topological polar surface area (TPSA) is 79.0 Å². The standard InChI is InChI=1S/C20H25ClN4O2/c1-13-8-9-14(12-16(13)21)19-22-20(27)17(23-24-19)10-11-18(26)25(2)15-6-4-3-5-7-15/h8-9,12,15H,3-7,10-11H2,1-2H3,(H,22,24,27). The lowest BCUT2D eigenvalue weighted by Gasteiger charge is -2.31. The van der Waals surface area contributed by atoms with Gasteiger partial charge in [0, 0.05) is 36.5 Å². The molecule has 0 spiro atoms. The van der Waals surface area contributed by atoms with Gasteiger partial charge in [0.2, 0.25) is 5.91 Å². The first-order valence-electron chi connectivity index (χ1n) is 9.44. The Hall–Kier alpha value is -2.21. The van der Waals surface area contributed by atoms with E-state index in [-0.39, 0.29) is 30.0 Å². The molecule has 1 fully saturated rings. The molecular weight excluding hydrogens is 364 g/mol. The van der Waals surface area contributed by atoms with Gasteiger partial charge in [-0.05, 0) is 31.4 Å². The Morgan fingerprint density at radius 2 is 2.00 bits per heavy atom. The highest BCUT2D eigenvalue weighted by molar-refractivity contribution is 6.31. The normalized spacial score (nSPS) is 14.9. The van der Waals surface area contributed by atoms with Gasteiger partial charge in [0.25, 0.3) is 5.56 Å². The number of nitrogens with one attached hydrogen (secondary N) is 1. The molecule has 0 bridgehead atoms. The van der Waals surface area contributed by atoms with E-state index < -0.39 is 0 Å². The zero-order valence-electron chi connectivity index (χ0n) is 15.8. The van der Waals surface area contributed by atoms with Gasteiger partial charge in [-0.2, -0.15) is 0 Å². The highest BCUT2D eigenvalue weighted by atomic mass is 35.5. The van der Waals surface area contributed by atoms with E-state index in [4.69, 9.17) is 11.6 Å². The molecule has 2 aromatic rings. The number of halogens is 1. The minimum absolute atomic E-state index is 0.0532. The predicted molar refractivity (Wildman–Crippen MR) is 106 cm³/mol. The summed E-state index contributed by atoms with van der Waals surface area (Å²) >= 11 is 6.13. The van der Waals surface area contributed by atoms with Crippen LogP contribution in [0.2, 0.25) is 5.02 Å². The lowest BCUT2D eigenvalue weighted by Crippen LogP contribution is -2.38. The van der Waals surface area contributed by atoms with E-state index in [1.165, 1.54) is 19.3 Å². The number of amides is 1. The highest BCUT2D eigenvalue weighted by Crippen LogP contribution is 2.23. The van der Waals surface area contributed by atoms with Crippen LogP contribution < -0.4 is 5.56 Å². The molecule has 1 heterocycles. The number of H-pyrrole nitrogens is 1. The Balaban J connectivity index is 1.64. The van der Waals surface area contributed by atoms with Crippen molar-refractivity contribution in [3.05, 3.63) is 44.8 Å². The van der Waals surface area contributed by atoms with Crippen LogP contribution in [0.5, 0.6) is 0 Å². The molecule has 7 heteroatoms. The summed E-state index contributed by atoms with van der Waals surface area (Å²) in [5.41, 5.74) is 1.62. The molecule has 1 aromatic carbocycles. The second-order valence-electron chi connectivity index (χ2n) is 7.21. The third kappa shape index (κ3) is 4.75. The summed E-state index contributed by atoms with van der Waals surface area (Å²) in [5.74, 6) is 0.425. The monoisotopic (exact) mass is 388 g/mol. The van der Waals surface area contributed by atoms with Gasteiger partial charge in [-0.1, -0.05) is 43.0 Å². The van der Waals surface area contributed by atoms with Crippen molar-refractivity contribution in [2.24, 2.45) is 0 Å². The number of carbonyl (C=O) groups excluding carboxylic acids is 1. The molecule has 27 heavy (non-hydrogen) atoms. The van der Waals surface area contributed by atoms with Gasteiger partial charge in [-0.15, -0.1) is 10.2 Å². The third-order valence-corrected chi connectivity index (χ3v) is 5.71. The van der Waals surface area contributed by atoms with E-state index in [0.29, 0.717) is 22.5 Å². The fraction of sp³-hybridized carbons (Fsp3) is 0.500. The number of aryl methyl sites for hydroxylation is 2. The first-order chi connectivity index (χ1) is 13.0. The van der Waals surface area contributed by atoms with Crippen LogP contribution in [0.15, 0.2) is 23.0 Å². The maximum atomic E-state index is 12.4.